The molecule has 60 heavy (non-hydrogen) atoms. The van der Waals surface area contributed by atoms with Crippen LogP contribution in [0.25, 0.3) is 45.3 Å². The summed E-state index contributed by atoms with van der Waals surface area (Å²) < 4.78 is 0. The minimum absolute atomic E-state index is 0.249. The van der Waals surface area contributed by atoms with Crippen LogP contribution in [0.5, 0.6) is 0 Å². The van der Waals surface area contributed by atoms with Crippen LogP contribution in [0.2, 0.25) is 0 Å². The molecule has 0 saturated carbocycles. The molecule has 0 aliphatic carbocycles. The van der Waals surface area contributed by atoms with E-state index in [1.165, 1.54) is 0 Å². The number of anilines is 2. The van der Waals surface area contributed by atoms with Gasteiger partial charge in [0.15, 0.2) is 17.5 Å². The Labute approximate surface area is 354 Å². The minimum Gasteiger partial charge on any atom is -0.318 e. The van der Waals surface area contributed by atoms with Gasteiger partial charge in [0.25, 0.3) is 0 Å². The number of rotatable bonds is 8. The van der Waals surface area contributed by atoms with Crippen LogP contribution < -0.4 is 9.80 Å². The van der Waals surface area contributed by atoms with Crippen LogP contribution in [0, 0.1) is 0 Å². The maximum Gasteiger partial charge on any atom is 0.164 e. The molecule has 3 heterocycles. The van der Waals surface area contributed by atoms with Crippen molar-refractivity contribution in [3.63, 3.8) is 0 Å². The van der Waals surface area contributed by atoms with E-state index in [0.717, 1.165) is 62.0 Å². The standard InChI is InChI=1S/C53H51N7/c1-50(2)52(5,6)59(43-23-14-10-15-24-43)48(57-50)39-31-27-37(28-32-39)45-54-46(56-47(55-45)42-22-18-21-41(35-42)36-19-12-9-13-20-36)38-29-33-40(34-30-38)49-58-51(3,4)53(7,8)60(49)44-25-16-11-17-26-44/h9-35H,1-8H3. The largest absolute Gasteiger partial charge is 0.318 e. The molecule has 0 spiro atoms. The molecule has 9 rings (SSSR count). The summed E-state index contributed by atoms with van der Waals surface area (Å²) >= 11 is 0. The van der Waals surface area contributed by atoms with Crippen molar-refractivity contribution in [2.45, 2.75) is 77.5 Å². The summed E-state index contributed by atoms with van der Waals surface area (Å²) in [5, 5.41) is 0. The van der Waals surface area contributed by atoms with Gasteiger partial charge in [0.2, 0.25) is 0 Å². The number of aliphatic imine (C=N–C) groups is 2. The average Bonchev–Trinajstić information content (AvgIpc) is 3.59. The first kappa shape index (κ1) is 38.8. The predicted octanol–water partition coefficient (Wildman–Crippen LogP) is 12.2. The maximum absolute atomic E-state index is 5.31. The van der Waals surface area contributed by atoms with Crippen molar-refractivity contribution in [2.24, 2.45) is 9.98 Å². The summed E-state index contributed by atoms with van der Waals surface area (Å²) in [6.07, 6.45) is 0. The van der Waals surface area contributed by atoms with Gasteiger partial charge in [0, 0.05) is 39.2 Å². The Morgan fingerprint density at radius 2 is 0.650 bits per heavy atom. The van der Waals surface area contributed by atoms with Gasteiger partial charge >= 0.3 is 0 Å². The average molecular weight is 786 g/mol. The van der Waals surface area contributed by atoms with E-state index >= 15 is 0 Å². The van der Waals surface area contributed by atoms with Crippen molar-refractivity contribution in [3.05, 3.63) is 175 Å². The molecule has 0 atom stereocenters. The SMILES string of the molecule is CC1(C)N=C(c2ccc(-c3nc(-c4ccc(C5=NC(C)(C)C(C)(C)N5c5ccccc5)cc4)nc(-c4cccc(-c5ccccc5)c4)n3)cc2)N(c2ccccc2)C1(C)C. The van der Waals surface area contributed by atoms with E-state index in [9.17, 15) is 0 Å². The third-order valence-corrected chi connectivity index (χ3v) is 13.0. The molecule has 298 valence electrons. The molecule has 0 bridgehead atoms. The highest BCUT2D eigenvalue weighted by atomic mass is 15.3. The van der Waals surface area contributed by atoms with E-state index in [4.69, 9.17) is 24.9 Å². The molecule has 0 unspecified atom stereocenters. The monoisotopic (exact) mass is 785 g/mol. The zero-order chi connectivity index (χ0) is 41.9. The van der Waals surface area contributed by atoms with Crippen LogP contribution >= 0.6 is 0 Å². The van der Waals surface area contributed by atoms with E-state index in [2.05, 4.69) is 223 Å². The molecule has 2 aliphatic heterocycles. The van der Waals surface area contributed by atoms with E-state index in [1.54, 1.807) is 0 Å². The fourth-order valence-electron chi connectivity index (χ4n) is 8.18. The normalized spacial score (nSPS) is 17.3. The third-order valence-electron chi connectivity index (χ3n) is 13.0. The highest BCUT2D eigenvalue weighted by Gasteiger charge is 2.50. The second kappa shape index (κ2) is 14.5. The Morgan fingerprint density at radius 1 is 0.317 bits per heavy atom. The van der Waals surface area contributed by atoms with Gasteiger partial charge in [-0.1, -0.05) is 133 Å². The van der Waals surface area contributed by atoms with Gasteiger partial charge in [0.1, 0.15) is 11.7 Å². The van der Waals surface area contributed by atoms with Crippen LogP contribution in [0.4, 0.5) is 11.4 Å². The molecule has 0 fully saturated rings. The van der Waals surface area contributed by atoms with Crippen molar-refractivity contribution in [1.29, 1.82) is 0 Å². The minimum atomic E-state index is -0.310. The topological polar surface area (TPSA) is 69.9 Å². The van der Waals surface area contributed by atoms with Crippen molar-refractivity contribution in [2.75, 3.05) is 9.80 Å². The van der Waals surface area contributed by atoms with Crippen LogP contribution in [0.3, 0.4) is 0 Å². The molecule has 0 N–H and O–H groups in total. The lowest BCUT2D eigenvalue weighted by Gasteiger charge is -2.41. The number of hydrogen-bond acceptors (Lipinski definition) is 7. The Morgan fingerprint density at radius 3 is 1.07 bits per heavy atom. The van der Waals surface area contributed by atoms with E-state index in [-0.39, 0.29) is 22.2 Å². The number of para-hydroxylation sites is 2. The lowest BCUT2D eigenvalue weighted by atomic mass is 9.83. The van der Waals surface area contributed by atoms with Gasteiger partial charge in [-0.3, -0.25) is 9.98 Å². The summed E-state index contributed by atoms with van der Waals surface area (Å²) in [4.78, 5) is 30.8. The van der Waals surface area contributed by atoms with Crippen LogP contribution in [0.15, 0.2) is 174 Å². The first-order valence-corrected chi connectivity index (χ1v) is 20.8. The quantitative estimate of drug-likeness (QED) is 0.153. The summed E-state index contributed by atoms with van der Waals surface area (Å²) in [5.41, 5.74) is 8.13. The highest BCUT2D eigenvalue weighted by molar-refractivity contribution is 6.14. The molecular weight excluding hydrogens is 735 g/mol. The Hall–Kier alpha value is -6.73. The molecule has 7 heteroatoms. The molecule has 0 amide bonds. The fraction of sp³-hybridized carbons (Fsp3) is 0.226. The zero-order valence-corrected chi connectivity index (χ0v) is 35.7. The number of aromatic nitrogens is 3. The number of benzene rings is 6. The van der Waals surface area contributed by atoms with Crippen molar-refractivity contribution >= 4 is 23.0 Å². The van der Waals surface area contributed by atoms with Gasteiger partial charge in [0.05, 0.1) is 22.2 Å². The van der Waals surface area contributed by atoms with Crippen LogP contribution in [-0.4, -0.2) is 48.8 Å². The second-order valence-electron chi connectivity index (χ2n) is 17.9. The first-order valence-electron chi connectivity index (χ1n) is 20.8. The van der Waals surface area contributed by atoms with Crippen LogP contribution in [0.1, 0.15) is 66.5 Å². The molecule has 2 aliphatic rings. The van der Waals surface area contributed by atoms with Gasteiger partial charge in [-0.2, -0.15) is 0 Å². The lowest BCUT2D eigenvalue weighted by Crippen LogP contribution is -2.53. The Bertz CT molecular complexity index is 2590. The Balaban J connectivity index is 1.12. The molecule has 0 saturated heterocycles. The van der Waals surface area contributed by atoms with E-state index < -0.39 is 0 Å². The van der Waals surface area contributed by atoms with Crippen molar-refractivity contribution in [1.82, 2.24) is 15.0 Å². The van der Waals surface area contributed by atoms with E-state index in [1.807, 2.05) is 6.07 Å². The number of amidine groups is 2. The molecule has 7 aromatic rings. The van der Waals surface area contributed by atoms with Gasteiger partial charge in [-0.05, 0) is 96.8 Å². The third kappa shape index (κ3) is 6.68. The highest BCUT2D eigenvalue weighted by Crippen LogP contribution is 2.44. The zero-order valence-electron chi connectivity index (χ0n) is 35.7. The molecule has 7 nitrogen and oxygen atoms in total. The fourth-order valence-corrected chi connectivity index (χ4v) is 8.18. The molecular formula is C53H51N7. The first-order chi connectivity index (χ1) is 28.7. The lowest BCUT2D eigenvalue weighted by molar-refractivity contribution is 0.338. The second-order valence-corrected chi connectivity index (χ2v) is 17.9. The van der Waals surface area contributed by atoms with Crippen molar-refractivity contribution < 1.29 is 0 Å². The van der Waals surface area contributed by atoms with E-state index in [0.29, 0.717) is 17.5 Å². The summed E-state index contributed by atoms with van der Waals surface area (Å²) in [5.74, 6) is 3.70. The molecule has 0 radical (unpaired) electrons. The van der Waals surface area contributed by atoms with Crippen molar-refractivity contribution in [3.8, 4) is 45.3 Å². The smallest absolute Gasteiger partial charge is 0.164 e. The van der Waals surface area contributed by atoms with Crippen LogP contribution in [-0.2, 0) is 0 Å². The summed E-state index contributed by atoms with van der Waals surface area (Å²) in [6, 6.07) is 56.8. The Kier molecular flexibility index (Phi) is 9.38. The summed E-state index contributed by atoms with van der Waals surface area (Å²) in [7, 11) is 0. The number of nitrogens with zero attached hydrogens (tertiary/aromatic N) is 7. The van der Waals surface area contributed by atoms with Gasteiger partial charge < -0.3 is 9.80 Å². The molecule has 6 aromatic carbocycles. The number of hydrogen-bond donors (Lipinski definition) is 0. The van der Waals surface area contributed by atoms with Gasteiger partial charge in [-0.25, -0.2) is 15.0 Å². The van der Waals surface area contributed by atoms with Gasteiger partial charge in [-0.15, -0.1) is 0 Å². The maximum atomic E-state index is 5.31. The summed E-state index contributed by atoms with van der Waals surface area (Å²) in [6.45, 7) is 17.9. The molecule has 1 aromatic heterocycles. The predicted molar refractivity (Wildman–Crippen MR) is 249 cm³/mol.